The molecule has 0 aliphatic carbocycles. The summed E-state index contributed by atoms with van der Waals surface area (Å²) in [5, 5.41) is 0. The number of halogens is 3. The molecule has 1 aromatic carbocycles. The molecule has 0 unspecified atom stereocenters. The third-order valence-corrected chi connectivity index (χ3v) is 1.79. The van der Waals surface area contributed by atoms with Gasteiger partial charge in [-0.05, 0) is 25.0 Å². The summed E-state index contributed by atoms with van der Waals surface area (Å²) in [6.07, 6.45) is -4.67. The van der Waals surface area contributed by atoms with Crippen molar-refractivity contribution in [2.24, 2.45) is 0 Å². The number of nitrogen functional groups attached to an aromatic ring is 1. The Bertz CT molecular complexity index is 347. The van der Waals surface area contributed by atoms with E-state index >= 15 is 0 Å². The minimum Gasteiger partial charge on any atom is -0.405 e. The molecule has 5 heteroatoms. The number of aryl methyl sites for hydroxylation is 2. The van der Waals surface area contributed by atoms with Crippen LogP contribution in [0.1, 0.15) is 11.1 Å². The number of alkyl halides is 3. The average molecular weight is 205 g/mol. The maximum atomic E-state index is 11.9. The first-order valence-electron chi connectivity index (χ1n) is 3.92. The molecular formula is C9H10F3NO. The third kappa shape index (κ3) is 2.55. The maximum Gasteiger partial charge on any atom is 0.573 e. The molecule has 0 fully saturated rings. The summed E-state index contributed by atoms with van der Waals surface area (Å²) >= 11 is 0. The Morgan fingerprint density at radius 1 is 1.14 bits per heavy atom. The van der Waals surface area contributed by atoms with Crippen LogP contribution in [0, 0.1) is 13.8 Å². The van der Waals surface area contributed by atoms with Gasteiger partial charge < -0.3 is 10.5 Å². The molecule has 0 saturated carbocycles. The molecule has 14 heavy (non-hydrogen) atoms. The monoisotopic (exact) mass is 205 g/mol. The second kappa shape index (κ2) is 3.40. The second-order valence-electron chi connectivity index (χ2n) is 3.02. The van der Waals surface area contributed by atoms with E-state index < -0.39 is 6.36 Å². The van der Waals surface area contributed by atoms with Gasteiger partial charge in [0.15, 0.2) is 0 Å². The van der Waals surface area contributed by atoms with Crippen LogP contribution in [-0.2, 0) is 0 Å². The van der Waals surface area contributed by atoms with Crippen LogP contribution in [0.15, 0.2) is 12.1 Å². The zero-order chi connectivity index (χ0) is 10.9. The van der Waals surface area contributed by atoms with Gasteiger partial charge in [0.1, 0.15) is 5.75 Å². The van der Waals surface area contributed by atoms with Crippen LogP contribution in [-0.4, -0.2) is 6.36 Å². The highest BCUT2D eigenvalue weighted by atomic mass is 19.4. The molecule has 2 N–H and O–H groups in total. The zero-order valence-corrected chi connectivity index (χ0v) is 7.77. The van der Waals surface area contributed by atoms with Gasteiger partial charge in [0, 0.05) is 11.8 Å². The molecule has 0 heterocycles. The van der Waals surface area contributed by atoms with Crippen LogP contribution in [0.4, 0.5) is 18.9 Å². The summed E-state index contributed by atoms with van der Waals surface area (Å²) in [5.41, 5.74) is 6.89. The molecule has 0 aliphatic heterocycles. The van der Waals surface area contributed by atoms with Crippen LogP contribution in [0.25, 0.3) is 0 Å². The fourth-order valence-corrected chi connectivity index (χ4v) is 1.08. The summed E-state index contributed by atoms with van der Waals surface area (Å²) in [7, 11) is 0. The maximum absolute atomic E-state index is 11.9. The number of nitrogens with two attached hydrogens (primary N) is 1. The van der Waals surface area contributed by atoms with E-state index in [2.05, 4.69) is 4.74 Å². The molecule has 0 spiro atoms. The molecule has 0 radical (unpaired) electrons. The van der Waals surface area contributed by atoms with Crippen molar-refractivity contribution in [2.75, 3.05) is 5.73 Å². The van der Waals surface area contributed by atoms with Gasteiger partial charge in [0.2, 0.25) is 0 Å². The van der Waals surface area contributed by atoms with E-state index in [4.69, 9.17) is 5.73 Å². The topological polar surface area (TPSA) is 35.2 Å². The fourth-order valence-electron chi connectivity index (χ4n) is 1.08. The molecule has 0 amide bonds. The molecule has 0 aliphatic rings. The number of hydrogen-bond acceptors (Lipinski definition) is 2. The molecule has 1 rings (SSSR count). The normalized spacial score (nSPS) is 11.5. The molecule has 0 atom stereocenters. The standard InChI is InChI=1S/C9H10F3NO/c1-5-3-6(2)8(4-7(5)13)14-9(10,11)12/h3-4H,13H2,1-2H3. The van der Waals surface area contributed by atoms with E-state index in [1.54, 1.807) is 13.0 Å². The smallest absolute Gasteiger partial charge is 0.405 e. The van der Waals surface area contributed by atoms with Gasteiger partial charge in [-0.25, -0.2) is 0 Å². The van der Waals surface area contributed by atoms with Crippen molar-refractivity contribution in [3.05, 3.63) is 23.3 Å². The van der Waals surface area contributed by atoms with E-state index in [0.29, 0.717) is 5.56 Å². The van der Waals surface area contributed by atoms with E-state index in [1.165, 1.54) is 13.0 Å². The minimum absolute atomic E-state index is 0.249. The summed E-state index contributed by atoms with van der Waals surface area (Å²) in [4.78, 5) is 0. The van der Waals surface area contributed by atoms with Gasteiger partial charge in [-0.3, -0.25) is 0 Å². The number of benzene rings is 1. The Morgan fingerprint density at radius 3 is 2.21 bits per heavy atom. The van der Waals surface area contributed by atoms with E-state index in [1.807, 2.05) is 0 Å². The van der Waals surface area contributed by atoms with Crippen LogP contribution in [0.3, 0.4) is 0 Å². The lowest BCUT2D eigenvalue weighted by Gasteiger charge is -2.12. The molecule has 0 bridgehead atoms. The lowest BCUT2D eigenvalue weighted by Crippen LogP contribution is -2.18. The number of ether oxygens (including phenoxy) is 1. The van der Waals surface area contributed by atoms with Crippen molar-refractivity contribution in [1.29, 1.82) is 0 Å². The highest BCUT2D eigenvalue weighted by Crippen LogP contribution is 2.29. The molecule has 1 aromatic rings. The average Bonchev–Trinajstić information content (AvgIpc) is 1.97. The van der Waals surface area contributed by atoms with Crippen LogP contribution in [0.5, 0.6) is 5.75 Å². The quantitative estimate of drug-likeness (QED) is 0.715. The van der Waals surface area contributed by atoms with Gasteiger partial charge in [-0.15, -0.1) is 13.2 Å². The van der Waals surface area contributed by atoms with Crippen molar-refractivity contribution in [2.45, 2.75) is 20.2 Å². The van der Waals surface area contributed by atoms with Gasteiger partial charge in [0.05, 0.1) is 0 Å². The fraction of sp³-hybridized carbons (Fsp3) is 0.333. The van der Waals surface area contributed by atoms with Crippen LogP contribution in [0.2, 0.25) is 0 Å². The number of hydrogen-bond donors (Lipinski definition) is 1. The number of anilines is 1. The van der Waals surface area contributed by atoms with Crippen molar-refractivity contribution < 1.29 is 17.9 Å². The lowest BCUT2D eigenvalue weighted by molar-refractivity contribution is -0.274. The predicted octanol–water partition coefficient (Wildman–Crippen LogP) is 2.78. The molecular weight excluding hydrogens is 195 g/mol. The Hall–Kier alpha value is -1.39. The molecule has 0 saturated heterocycles. The van der Waals surface area contributed by atoms with Gasteiger partial charge >= 0.3 is 6.36 Å². The highest BCUT2D eigenvalue weighted by Gasteiger charge is 2.31. The minimum atomic E-state index is -4.67. The number of rotatable bonds is 1. The molecule has 2 nitrogen and oxygen atoms in total. The van der Waals surface area contributed by atoms with Gasteiger partial charge in [0.25, 0.3) is 0 Å². The van der Waals surface area contributed by atoms with Gasteiger partial charge in [-0.2, -0.15) is 0 Å². The van der Waals surface area contributed by atoms with E-state index in [-0.39, 0.29) is 11.4 Å². The van der Waals surface area contributed by atoms with Crippen LogP contribution >= 0.6 is 0 Å². The van der Waals surface area contributed by atoms with Crippen molar-refractivity contribution in [3.8, 4) is 5.75 Å². The van der Waals surface area contributed by atoms with Crippen molar-refractivity contribution >= 4 is 5.69 Å². The lowest BCUT2D eigenvalue weighted by atomic mass is 10.1. The van der Waals surface area contributed by atoms with Crippen molar-refractivity contribution in [1.82, 2.24) is 0 Å². The third-order valence-electron chi connectivity index (χ3n) is 1.79. The van der Waals surface area contributed by atoms with Gasteiger partial charge in [-0.1, -0.05) is 6.07 Å². The predicted molar refractivity (Wildman–Crippen MR) is 47.0 cm³/mol. The van der Waals surface area contributed by atoms with Crippen LogP contribution < -0.4 is 10.5 Å². The SMILES string of the molecule is Cc1cc(C)c(OC(F)(F)F)cc1N. The Morgan fingerprint density at radius 2 is 1.71 bits per heavy atom. The Labute approximate surface area is 79.5 Å². The summed E-state index contributed by atoms with van der Waals surface area (Å²) < 4.78 is 39.5. The van der Waals surface area contributed by atoms with E-state index in [0.717, 1.165) is 5.56 Å². The first kappa shape index (κ1) is 10.7. The Balaban J connectivity index is 3.04. The zero-order valence-electron chi connectivity index (χ0n) is 7.77. The largest absolute Gasteiger partial charge is 0.573 e. The summed E-state index contributed by atoms with van der Waals surface area (Å²) in [6, 6.07) is 2.73. The Kier molecular flexibility index (Phi) is 2.59. The van der Waals surface area contributed by atoms with E-state index in [9.17, 15) is 13.2 Å². The molecule has 78 valence electrons. The highest BCUT2D eigenvalue weighted by molar-refractivity contribution is 5.54. The summed E-state index contributed by atoms with van der Waals surface area (Å²) in [5.74, 6) is -0.249. The first-order valence-corrected chi connectivity index (χ1v) is 3.92. The first-order chi connectivity index (χ1) is 6.29. The second-order valence-corrected chi connectivity index (χ2v) is 3.02. The van der Waals surface area contributed by atoms with Crippen molar-refractivity contribution in [3.63, 3.8) is 0 Å². The molecule has 0 aromatic heterocycles. The summed E-state index contributed by atoms with van der Waals surface area (Å²) in [6.45, 7) is 3.26.